The van der Waals surface area contributed by atoms with E-state index in [2.05, 4.69) is 25.5 Å². The minimum absolute atomic E-state index is 0.0269. The lowest BCUT2D eigenvalue weighted by atomic mass is 9.65. The Morgan fingerprint density at radius 2 is 1.83 bits per heavy atom. The van der Waals surface area contributed by atoms with Gasteiger partial charge >= 0.3 is 5.97 Å². The van der Waals surface area contributed by atoms with Crippen molar-refractivity contribution in [2.75, 3.05) is 17.9 Å². The van der Waals surface area contributed by atoms with Crippen LogP contribution in [0.1, 0.15) is 50.4 Å². The Bertz CT molecular complexity index is 1280. The van der Waals surface area contributed by atoms with E-state index in [0.29, 0.717) is 18.7 Å². The Balaban J connectivity index is 1.39. The second kappa shape index (κ2) is 8.89. The maximum absolute atomic E-state index is 13.5. The van der Waals surface area contributed by atoms with Crippen molar-refractivity contribution in [1.82, 2.24) is 4.90 Å². The number of halogens is 2. The van der Waals surface area contributed by atoms with E-state index in [1.807, 2.05) is 4.90 Å². The zero-order valence-corrected chi connectivity index (χ0v) is 20.6. The maximum Gasteiger partial charge on any atom is 0.338 e. The van der Waals surface area contributed by atoms with Crippen molar-refractivity contribution in [3.05, 3.63) is 59.7 Å². The molecular formula is C25H28F2N2O5S. The van der Waals surface area contributed by atoms with E-state index in [9.17, 15) is 26.8 Å². The van der Waals surface area contributed by atoms with Gasteiger partial charge < -0.3 is 9.64 Å². The summed E-state index contributed by atoms with van der Waals surface area (Å²) in [5.74, 6) is -3.49. The fourth-order valence-electron chi connectivity index (χ4n) is 5.61. The van der Waals surface area contributed by atoms with Crippen LogP contribution in [0.2, 0.25) is 0 Å². The van der Waals surface area contributed by atoms with Gasteiger partial charge in [0.2, 0.25) is 0 Å². The van der Waals surface area contributed by atoms with E-state index in [0.717, 1.165) is 25.3 Å². The van der Waals surface area contributed by atoms with Gasteiger partial charge in [0.05, 0.1) is 10.5 Å². The summed E-state index contributed by atoms with van der Waals surface area (Å²) in [6.07, 6.45) is 2.88. The van der Waals surface area contributed by atoms with Gasteiger partial charge in [0.25, 0.3) is 15.9 Å². The van der Waals surface area contributed by atoms with E-state index in [1.165, 1.54) is 24.3 Å². The number of fused-ring (bicyclic) bond motifs is 2. The highest BCUT2D eigenvalue weighted by Gasteiger charge is 2.50. The highest BCUT2D eigenvalue weighted by Crippen LogP contribution is 2.52. The minimum Gasteiger partial charge on any atom is -0.452 e. The fraction of sp³-hybridized carbons (Fsp3) is 0.440. The molecule has 0 spiro atoms. The van der Waals surface area contributed by atoms with Gasteiger partial charge in [-0.1, -0.05) is 26.8 Å². The SMILES string of the molecule is CC1(C)C[C@H]2C[C@](C)(CN2C(=O)COC(=O)c2cccc(NS(=O)(=O)c3ccc(F)c(F)c3)c2)C1. The summed E-state index contributed by atoms with van der Waals surface area (Å²) in [6, 6.07) is 7.84. The van der Waals surface area contributed by atoms with Gasteiger partial charge in [0.1, 0.15) is 0 Å². The molecule has 1 saturated carbocycles. The van der Waals surface area contributed by atoms with Crippen LogP contribution < -0.4 is 4.72 Å². The Morgan fingerprint density at radius 1 is 1.09 bits per heavy atom. The van der Waals surface area contributed by atoms with Crippen LogP contribution in [0.15, 0.2) is 47.4 Å². The Labute approximate surface area is 203 Å². The van der Waals surface area contributed by atoms with Crippen LogP contribution >= 0.6 is 0 Å². The molecule has 0 aromatic heterocycles. The average Bonchev–Trinajstić information content (AvgIpc) is 3.02. The molecule has 1 N–H and O–H groups in total. The number of amides is 1. The third kappa shape index (κ3) is 5.47. The molecule has 2 fully saturated rings. The number of sulfonamides is 1. The first-order valence-corrected chi connectivity index (χ1v) is 12.8. The normalized spacial score (nSPS) is 23.1. The number of ether oxygens (including phenoxy) is 1. The van der Waals surface area contributed by atoms with Crippen molar-refractivity contribution in [1.29, 1.82) is 0 Å². The van der Waals surface area contributed by atoms with Gasteiger partial charge in [-0.15, -0.1) is 0 Å². The molecule has 0 unspecified atom stereocenters. The number of anilines is 1. The van der Waals surface area contributed by atoms with Crippen molar-refractivity contribution in [2.45, 2.75) is 51.0 Å². The van der Waals surface area contributed by atoms with Crippen molar-refractivity contribution in [3.8, 4) is 0 Å². The van der Waals surface area contributed by atoms with Gasteiger partial charge in [0.15, 0.2) is 18.2 Å². The highest BCUT2D eigenvalue weighted by atomic mass is 32.2. The average molecular weight is 507 g/mol. The van der Waals surface area contributed by atoms with Crippen molar-refractivity contribution >= 4 is 27.6 Å². The van der Waals surface area contributed by atoms with Gasteiger partial charge in [-0.2, -0.15) is 0 Å². The van der Waals surface area contributed by atoms with Crippen LogP contribution in [0.4, 0.5) is 14.5 Å². The van der Waals surface area contributed by atoms with Crippen LogP contribution in [-0.2, 0) is 19.6 Å². The van der Waals surface area contributed by atoms with Gasteiger partial charge in [-0.05, 0) is 66.5 Å². The molecule has 1 amide bonds. The molecule has 1 saturated heterocycles. The summed E-state index contributed by atoms with van der Waals surface area (Å²) >= 11 is 0. The second-order valence-corrected chi connectivity index (χ2v) is 12.3. The monoisotopic (exact) mass is 506 g/mol. The predicted octanol–water partition coefficient (Wildman–Crippen LogP) is 4.35. The molecule has 35 heavy (non-hydrogen) atoms. The van der Waals surface area contributed by atoms with Crippen molar-refractivity contribution < 1.29 is 31.5 Å². The molecular weight excluding hydrogens is 478 g/mol. The van der Waals surface area contributed by atoms with Gasteiger partial charge in [-0.25, -0.2) is 22.0 Å². The van der Waals surface area contributed by atoms with Gasteiger partial charge in [-0.3, -0.25) is 9.52 Å². The molecule has 0 radical (unpaired) electrons. The first kappa shape index (κ1) is 25.1. The van der Waals surface area contributed by atoms with E-state index in [-0.39, 0.29) is 34.0 Å². The predicted molar refractivity (Wildman–Crippen MR) is 125 cm³/mol. The third-order valence-corrected chi connectivity index (χ3v) is 7.99. The van der Waals surface area contributed by atoms with E-state index in [1.54, 1.807) is 0 Å². The lowest BCUT2D eigenvalue weighted by Gasteiger charge is -2.39. The Morgan fingerprint density at radius 3 is 2.54 bits per heavy atom. The van der Waals surface area contributed by atoms with Crippen LogP contribution in [0.25, 0.3) is 0 Å². The lowest BCUT2D eigenvalue weighted by Crippen LogP contribution is -2.39. The molecule has 188 valence electrons. The molecule has 10 heteroatoms. The van der Waals surface area contributed by atoms with Gasteiger partial charge in [0, 0.05) is 18.3 Å². The quantitative estimate of drug-likeness (QED) is 0.588. The number of hydrogen-bond donors (Lipinski definition) is 1. The topological polar surface area (TPSA) is 92.8 Å². The van der Waals surface area contributed by atoms with Crippen molar-refractivity contribution in [2.24, 2.45) is 10.8 Å². The number of rotatable bonds is 6. The molecule has 1 heterocycles. The summed E-state index contributed by atoms with van der Waals surface area (Å²) in [5.41, 5.74) is 0.275. The summed E-state index contributed by atoms with van der Waals surface area (Å²) in [5, 5.41) is 0. The summed E-state index contributed by atoms with van der Waals surface area (Å²) in [7, 11) is -4.23. The Hall–Kier alpha value is -3.01. The molecule has 2 atom stereocenters. The number of likely N-dealkylation sites (tertiary alicyclic amines) is 1. The maximum atomic E-state index is 13.5. The first-order valence-electron chi connectivity index (χ1n) is 11.3. The van der Waals surface area contributed by atoms with Crippen LogP contribution in [-0.4, -0.2) is 44.4 Å². The molecule has 7 nitrogen and oxygen atoms in total. The summed E-state index contributed by atoms with van der Waals surface area (Å²) in [6.45, 7) is 6.83. The van der Waals surface area contributed by atoms with Crippen LogP contribution in [0, 0.1) is 22.5 Å². The summed E-state index contributed by atoms with van der Waals surface area (Å²) < 4.78 is 59.1. The van der Waals surface area contributed by atoms with E-state index >= 15 is 0 Å². The number of esters is 1. The molecule has 2 aliphatic rings. The lowest BCUT2D eigenvalue weighted by molar-refractivity contribution is -0.135. The zero-order valence-electron chi connectivity index (χ0n) is 19.8. The van der Waals surface area contributed by atoms with Crippen molar-refractivity contribution in [3.63, 3.8) is 0 Å². The van der Waals surface area contributed by atoms with Crippen LogP contribution in [0.3, 0.4) is 0 Å². The van der Waals surface area contributed by atoms with E-state index in [4.69, 9.17) is 4.74 Å². The van der Waals surface area contributed by atoms with E-state index < -0.39 is 39.1 Å². The van der Waals surface area contributed by atoms with Crippen LogP contribution in [0.5, 0.6) is 0 Å². The standard InChI is InChI=1S/C25H28F2N2O5S/c1-24(2)11-18-12-25(3,14-24)15-29(18)22(30)13-34-23(31)16-5-4-6-17(9-16)28-35(32,33)19-7-8-20(26)21(27)10-19/h4-10,18,28H,11-15H2,1-3H3/t18-,25-/m0/s1. The minimum atomic E-state index is -4.23. The molecule has 4 rings (SSSR count). The Kier molecular flexibility index (Phi) is 6.37. The number of carbonyl (C=O) groups is 2. The number of nitrogens with one attached hydrogen (secondary N) is 1. The molecule has 2 aromatic carbocycles. The summed E-state index contributed by atoms with van der Waals surface area (Å²) in [4.78, 5) is 26.8. The molecule has 1 aliphatic heterocycles. The number of benzene rings is 2. The zero-order chi connectivity index (χ0) is 25.6. The smallest absolute Gasteiger partial charge is 0.338 e. The number of hydrogen-bond acceptors (Lipinski definition) is 5. The highest BCUT2D eigenvalue weighted by molar-refractivity contribution is 7.92. The second-order valence-electron chi connectivity index (χ2n) is 10.6. The number of carbonyl (C=O) groups excluding carboxylic acids is 2. The number of nitrogens with zero attached hydrogens (tertiary/aromatic N) is 1. The fourth-order valence-corrected chi connectivity index (χ4v) is 6.67. The molecule has 2 bridgehead atoms. The molecule has 2 aromatic rings. The third-order valence-electron chi connectivity index (χ3n) is 6.61. The molecule has 1 aliphatic carbocycles. The first-order chi connectivity index (χ1) is 16.3. The largest absolute Gasteiger partial charge is 0.452 e.